The number of benzene rings is 1. The van der Waals surface area contributed by atoms with Crippen LogP contribution in [0.1, 0.15) is 13.3 Å². The second-order valence-corrected chi connectivity index (χ2v) is 4.47. The number of anilines is 1. The van der Waals surface area contributed by atoms with Crippen molar-refractivity contribution in [2.24, 2.45) is 0 Å². The molecule has 1 aliphatic heterocycles. The normalized spacial score (nSPS) is 15.9. The van der Waals surface area contributed by atoms with E-state index in [4.69, 9.17) is 11.6 Å². The minimum atomic E-state index is 0.782. The largest absolute Gasteiger partial charge is 0.350 e. The van der Waals surface area contributed by atoms with Crippen LogP contribution in [-0.4, -0.2) is 18.1 Å². The molecule has 0 aromatic heterocycles. The summed E-state index contributed by atoms with van der Waals surface area (Å²) in [6.45, 7) is 3.97. The van der Waals surface area contributed by atoms with Gasteiger partial charge in [-0.1, -0.05) is 24.6 Å². The molecule has 0 saturated heterocycles. The zero-order chi connectivity index (χ0) is 12.1. The van der Waals surface area contributed by atoms with Crippen LogP contribution in [0.15, 0.2) is 48.8 Å². The third-order valence-corrected chi connectivity index (χ3v) is 2.93. The molecule has 2 nitrogen and oxygen atoms in total. The molecule has 1 aromatic rings. The number of hydrogen-bond acceptors (Lipinski definition) is 2. The van der Waals surface area contributed by atoms with Gasteiger partial charge in [0.2, 0.25) is 0 Å². The summed E-state index contributed by atoms with van der Waals surface area (Å²) in [6.07, 6.45) is 9.64. The lowest BCUT2D eigenvalue weighted by atomic mass is 10.2. The maximum Gasteiger partial charge on any atom is 0.0942 e. The Labute approximate surface area is 108 Å². The molecular weight excluding hydrogens is 232 g/mol. The molecule has 1 aromatic carbocycles. The van der Waals surface area contributed by atoms with Crippen molar-refractivity contribution in [3.05, 3.63) is 53.8 Å². The number of allylic oxidation sites excluding steroid dienone is 1. The van der Waals surface area contributed by atoms with E-state index in [9.17, 15) is 0 Å². The third kappa shape index (κ3) is 3.27. The van der Waals surface area contributed by atoms with Crippen LogP contribution in [0.4, 0.5) is 5.69 Å². The Hall–Kier alpha value is -1.41. The van der Waals surface area contributed by atoms with Crippen LogP contribution in [0, 0.1) is 0 Å². The van der Waals surface area contributed by atoms with Crippen LogP contribution in [0.5, 0.6) is 0 Å². The molecule has 0 bridgehead atoms. The summed E-state index contributed by atoms with van der Waals surface area (Å²) in [4.78, 5) is 4.48. The van der Waals surface area contributed by atoms with Crippen molar-refractivity contribution in [3.63, 3.8) is 0 Å². The van der Waals surface area contributed by atoms with E-state index in [-0.39, 0.29) is 0 Å². The quantitative estimate of drug-likeness (QED) is 0.802. The van der Waals surface area contributed by atoms with Crippen LogP contribution >= 0.6 is 11.6 Å². The van der Waals surface area contributed by atoms with Gasteiger partial charge in [0, 0.05) is 29.7 Å². The fourth-order valence-corrected chi connectivity index (χ4v) is 1.91. The van der Waals surface area contributed by atoms with E-state index in [0.29, 0.717) is 0 Å². The highest BCUT2D eigenvalue weighted by Crippen LogP contribution is 2.20. The maximum atomic E-state index is 5.89. The van der Waals surface area contributed by atoms with E-state index < -0.39 is 0 Å². The molecular formula is C14H17ClN2. The molecule has 17 heavy (non-hydrogen) atoms. The fourth-order valence-electron chi connectivity index (χ4n) is 1.79. The van der Waals surface area contributed by atoms with Gasteiger partial charge in [-0.2, -0.15) is 0 Å². The van der Waals surface area contributed by atoms with Crippen molar-refractivity contribution < 1.29 is 0 Å². The van der Waals surface area contributed by atoms with Gasteiger partial charge in [0.15, 0.2) is 0 Å². The molecule has 0 spiro atoms. The summed E-state index contributed by atoms with van der Waals surface area (Å²) < 4.78 is 0. The molecule has 90 valence electrons. The van der Waals surface area contributed by atoms with Crippen LogP contribution in [-0.2, 0) is 0 Å². The minimum Gasteiger partial charge on any atom is -0.350 e. The van der Waals surface area contributed by atoms with Crippen LogP contribution in [0.3, 0.4) is 0 Å². The highest BCUT2D eigenvalue weighted by Gasteiger charge is 2.10. The third-order valence-electron chi connectivity index (χ3n) is 2.68. The number of halogens is 1. The van der Waals surface area contributed by atoms with E-state index in [2.05, 4.69) is 53.4 Å². The Balaban J connectivity index is 2.06. The summed E-state index contributed by atoms with van der Waals surface area (Å²) in [5, 5.41) is 0.782. The second-order valence-electron chi connectivity index (χ2n) is 4.03. The van der Waals surface area contributed by atoms with Gasteiger partial charge >= 0.3 is 0 Å². The second kappa shape index (κ2) is 5.78. The maximum absolute atomic E-state index is 5.89. The summed E-state index contributed by atoms with van der Waals surface area (Å²) >= 11 is 5.89. The first-order chi connectivity index (χ1) is 8.29. The average molecular weight is 249 g/mol. The Bertz CT molecular complexity index is 409. The topological polar surface area (TPSA) is 6.48 Å². The molecule has 0 atom stereocenters. The highest BCUT2D eigenvalue weighted by atomic mass is 35.5. The van der Waals surface area contributed by atoms with Gasteiger partial charge < -0.3 is 9.80 Å². The smallest absolute Gasteiger partial charge is 0.0942 e. The van der Waals surface area contributed by atoms with Gasteiger partial charge in [-0.25, -0.2) is 0 Å². The van der Waals surface area contributed by atoms with E-state index in [1.54, 1.807) is 0 Å². The number of hydrogen-bond donors (Lipinski definition) is 0. The first kappa shape index (κ1) is 12.1. The Morgan fingerprint density at radius 2 is 2.06 bits per heavy atom. The van der Waals surface area contributed by atoms with Crippen molar-refractivity contribution in [2.45, 2.75) is 13.3 Å². The molecule has 0 aliphatic carbocycles. The summed E-state index contributed by atoms with van der Waals surface area (Å²) in [5.74, 6) is 0. The Morgan fingerprint density at radius 1 is 1.29 bits per heavy atom. The first-order valence-corrected chi connectivity index (χ1v) is 6.27. The summed E-state index contributed by atoms with van der Waals surface area (Å²) in [7, 11) is 0. The molecule has 0 unspecified atom stereocenters. The lowest BCUT2D eigenvalue weighted by Crippen LogP contribution is -2.36. The van der Waals surface area contributed by atoms with Crippen molar-refractivity contribution >= 4 is 17.3 Å². The standard InChI is InChI=1S/C14H17ClN2/c1-2-3-9-16-10-4-11-17(12-16)14-7-5-13(15)6-8-14/h3-10H,2,11-12H2,1H3. The van der Waals surface area contributed by atoms with E-state index in [1.807, 2.05) is 12.1 Å². The predicted molar refractivity (Wildman–Crippen MR) is 74.1 cm³/mol. The van der Waals surface area contributed by atoms with E-state index >= 15 is 0 Å². The van der Waals surface area contributed by atoms with E-state index in [1.165, 1.54) is 5.69 Å². The van der Waals surface area contributed by atoms with Gasteiger partial charge in [-0.3, -0.25) is 0 Å². The molecule has 2 rings (SSSR count). The SMILES string of the molecule is CCC=CN1C=CCN(c2ccc(Cl)cc2)C1. The van der Waals surface area contributed by atoms with Gasteiger partial charge in [-0.05, 0) is 36.8 Å². The number of nitrogens with zero attached hydrogens (tertiary/aromatic N) is 2. The molecule has 3 heteroatoms. The molecule has 0 N–H and O–H groups in total. The Morgan fingerprint density at radius 3 is 2.76 bits per heavy atom. The lowest BCUT2D eigenvalue weighted by molar-refractivity contribution is 0.477. The van der Waals surface area contributed by atoms with Gasteiger partial charge in [-0.15, -0.1) is 0 Å². The molecule has 0 radical (unpaired) electrons. The molecule has 0 amide bonds. The molecule has 0 saturated carbocycles. The van der Waals surface area contributed by atoms with Crippen LogP contribution < -0.4 is 4.90 Å². The van der Waals surface area contributed by atoms with E-state index in [0.717, 1.165) is 24.7 Å². The summed E-state index contributed by atoms with van der Waals surface area (Å²) in [6, 6.07) is 7.98. The monoisotopic (exact) mass is 248 g/mol. The average Bonchev–Trinajstić information content (AvgIpc) is 2.37. The first-order valence-electron chi connectivity index (χ1n) is 5.89. The fraction of sp³-hybridized carbons (Fsp3) is 0.286. The molecule has 1 aliphatic rings. The van der Waals surface area contributed by atoms with Crippen molar-refractivity contribution in [1.82, 2.24) is 4.90 Å². The highest BCUT2D eigenvalue weighted by molar-refractivity contribution is 6.30. The zero-order valence-corrected chi connectivity index (χ0v) is 10.8. The van der Waals surface area contributed by atoms with Crippen molar-refractivity contribution in [2.75, 3.05) is 18.1 Å². The van der Waals surface area contributed by atoms with Crippen LogP contribution in [0.25, 0.3) is 0 Å². The number of rotatable bonds is 3. The van der Waals surface area contributed by atoms with Crippen LogP contribution in [0.2, 0.25) is 5.02 Å². The summed E-state index contributed by atoms with van der Waals surface area (Å²) in [5.41, 5.74) is 1.20. The van der Waals surface area contributed by atoms with Crippen molar-refractivity contribution in [3.8, 4) is 0 Å². The predicted octanol–water partition coefficient (Wildman–Crippen LogP) is 3.86. The molecule has 0 fully saturated rings. The van der Waals surface area contributed by atoms with Gasteiger partial charge in [0.25, 0.3) is 0 Å². The molecule has 1 heterocycles. The van der Waals surface area contributed by atoms with Crippen molar-refractivity contribution in [1.29, 1.82) is 0 Å². The van der Waals surface area contributed by atoms with Gasteiger partial charge in [0.05, 0.1) is 6.67 Å². The lowest BCUT2D eigenvalue weighted by Gasteiger charge is -2.32. The Kier molecular flexibility index (Phi) is 4.10. The minimum absolute atomic E-state index is 0.782. The van der Waals surface area contributed by atoms with Gasteiger partial charge in [0.1, 0.15) is 0 Å². The zero-order valence-electron chi connectivity index (χ0n) is 10.0.